The fourth-order valence-electron chi connectivity index (χ4n) is 2.74. The lowest BCUT2D eigenvalue weighted by Gasteiger charge is -2.07. The molecule has 0 bridgehead atoms. The highest BCUT2D eigenvalue weighted by atomic mass is 16.5. The van der Waals surface area contributed by atoms with Gasteiger partial charge < -0.3 is 4.74 Å². The van der Waals surface area contributed by atoms with Crippen LogP contribution in [0.15, 0.2) is 71.8 Å². The highest BCUT2D eigenvalue weighted by Gasteiger charge is 2.10. The maximum Gasteiger partial charge on any atom is 0.268 e. The van der Waals surface area contributed by atoms with E-state index < -0.39 is 0 Å². The molecule has 0 spiro atoms. The van der Waals surface area contributed by atoms with Gasteiger partial charge in [0.2, 0.25) is 0 Å². The average Bonchev–Trinajstić information content (AvgIpc) is 3.16. The highest BCUT2D eigenvalue weighted by Crippen LogP contribution is 2.23. The van der Waals surface area contributed by atoms with Crippen LogP contribution in [0.5, 0.6) is 5.75 Å². The van der Waals surface area contributed by atoms with E-state index in [1.54, 1.807) is 18.0 Å². The van der Waals surface area contributed by atoms with Crippen molar-refractivity contribution in [2.75, 3.05) is 12.5 Å². The fraction of sp³-hybridized carbons (Fsp3) is 0.0526. The van der Waals surface area contributed by atoms with Crippen LogP contribution >= 0.6 is 0 Å². The molecule has 26 heavy (non-hydrogen) atoms. The largest absolute Gasteiger partial charge is 0.496 e. The van der Waals surface area contributed by atoms with Crippen LogP contribution in [0.2, 0.25) is 0 Å². The van der Waals surface area contributed by atoms with Crippen molar-refractivity contribution in [3.8, 4) is 11.4 Å². The van der Waals surface area contributed by atoms with Crippen molar-refractivity contribution in [2.45, 2.75) is 0 Å². The Kier molecular flexibility index (Phi) is 4.26. The number of aromatic nitrogens is 4. The molecule has 0 fully saturated rings. The molecule has 128 valence electrons. The maximum atomic E-state index is 5.31. The summed E-state index contributed by atoms with van der Waals surface area (Å²) < 4.78 is 6.94. The number of hydrogen-bond donors (Lipinski definition) is 1. The summed E-state index contributed by atoms with van der Waals surface area (Å²) in [5.41, 5.74) is 4.63. The van der Waals surface area contributed by atoms with Crippen LogP contribution in [0, 0.1) is 0 Å². The third-order valence-corrected chi connectivity index (χ3v) is 3.97. The van der Waals surface area contributed by atoms with Gasteiger partial charge >= 0.3 is 0 Å². The Labute approximate surface area is 149 Å². The van der Waals surface area contributed by atoms with Crippen LogP contribution in [0.1, 0.15) is 5.56 Å². The second-order valence-corrected chi connectivity index (χ2v) is 5.52. The molecular formula is C19H16N6O. The maximum absolute atomic E-state index is 5.31. The Hall–Kier alpha value is -3.74. The smallest absolute Gasteiger partial charge is 0.268 e. The predicted molar refractivity (Wildman–Crippen MR) is 101 cm³/mol. The lowest BCUT2D eigenvalue weighted by Crippen LogP contribution is -2.04. The summed E-state index contributed by atoms with van der Waals surface area (Å²) in [6.07, 6.45) is 1.67. The molecule has 0 atom stereocenters. The van der Waals surface area contributed by atoms with E-state index in [1.807, 2.05) is 54.6 Å². The zero-order valence-electron chi connectivity index (χ0n) is 14.1. The van der Waals surface area contributed by atoms with Crippen LogP contribution in [-0.4, -0.2) is 33.5 Å². The van der Waals surface area contributed by atoms with Gasteiger partial charge in [-0.3, -0.25) is 0 Å². The molecule has 4 rings (SSSR count). The summed E-state index contributed by atoms with van der Waals surface area (Å²) in [6, 6.07) is 21.7. The molecule has 1 aromatic heterocycles. The first-order chi connectivity index (χ1) is 12.9. The van der Waals surface area contributed by atoms with Crippen LogP contribution in [0.3, 0.4) is 0 Å². The van der Waals surface area contributed by atoms with Crippen molar-refractivity contribution < 1.29 is 4.74 Å². The fourth-order valence-corrected chi connectivity index (χ4v) is 2.74. The first-order valence-electron chi connectivity index (χ1n) is 8.05. The van der Waals surface area contributed by atoms with E-state index >= 15 is 0 Å². The van der Waals surface area contributed by atoms with Gasteiger partial charge in [0.05, 0.1) is 19.0 Å². The van der Waals surface area contributed by atoms with Crippen molar-refractivity contribution in [1.82, 2.24) is 20.2 Å². The molecule has 4 aromatic rings. The number of hydrazone groups is 1. The SMILES string of the molecule is COc1ccccc1C=NNc1nnnn1-c1cccc2ccccc12. The van der Waals surface area contributed by atoms with Crippen molar-refractivity contribution in [3.63, 3.8) is 0 Å². The first-order valence-corrected chi connectivity index (χ1v) is 8.05. The Morgan fingerprint density at radius 1 is 1.00 bits per heavy atom. The molecule has 0 amide bonds. The number of anilines is 1. The molecule has 7 heteroatoms. The number of fused-ring (bicyclic) bond motifs is 1. The standard InChI is InChI=1S/C19H16N6O/c1-26-18-12-5-3-8-15(18)13-20-21-19-22-23-24-25(19)17-11-6-9-14-7-2-4-10-16(14)17/h2-13H,1H3,(H,21,22,24). The second kappa shape index (κ2) is 7.02. The van der Waals surface area contributed by atoms with E-state index in [2.05, 4.69) is 38.2 Å². The molecule has 0 aliphatic rings. The first kappa shape index (κ1) is 15.8. The van der Waals surface area contributed by atoms with Gasteiger partial charge in [-0.15, -0.1) is 0 Å². The number of tetrazole rings is 1. The van der Waals surface area contributed by atoms with Crippen LogP contribution in [0.25, 0.3) is 16.5 Å². The summed E-state index contributed by atoms with van der Waals surface area (Å²) in [4.78, 5) is 0. The van der Waals surface area contributed by atoms with E-state index in [0.29, 0.717) is 5.95 Å². The van der Waals surface area contributed by atoms with Gasteiger partial charge in [-0.25, -0.2) is 5.43 Å². The Bertz CT molecular complexity index is 1070. The van der Waals surface area contributed by atoms with Gasteiger partial charge in [0.25, 0.3) is 5.95 Å². The van der Waals surface area contributed by atoms with E-state index in [1.165, 1.54) is 0 Å². The summed E-state index contributed by atoms with van der Waals surface area (Å²) in [6.45, 7) is 0. The van der Waals surface area contributed by atoms with Crippen molar-refractivity contribution >= 4 is 22.9 Å². The molecule has 1 heterocycles. The summed E-state index contributed by atoms with van der Waals surface area (Å²) >= 11 is 0. The third-order valence-electron chi connectivity index (χ3n) is 3.97. The molecular weight excluding hydrogens is 328 g/mol. The van der Waals surface area contributed by atoms with Crippen LogP contribution in [0.4, 0.5) is 5.95 Å². The van der Waals surface area contributed by atoms with Crippen LogP contribution < -0.4 is 10.2 Å². The topological polar surface area (TPSA) is 77.2 Å². The summed E-state index contributed by atoms with van der Waals surface area (Å²) in [5, 5.41) is 18.3. The van der Waals surface area contributed by atoms with Gasteiger partial charge in [0.15, 0.2) is 0 Å². The number of rotatable bonds is 5. The molecule has 0 radical (unpaired) electrons. The van der Waals surface area contributed by atoms with E-state index in [-0.39, 0.29) is 0 Å². The van der Waals surface area contributed by atoms with Crippen LogP contribution in [-0.2, 0) is 0 Å². The van der Waals surface area contributed by atoms with Gasteiger partial charge in [-0.05, 0) is 34.0 Å². The monoisotopic (exact) mass is 344 g/mol. The molecule has 3 aromatic carbocycles. The Balaban J connectivity index is 1.64. The van der Waals surface area contributed by atoms with Crippen molar-refractivity contribution in [3.05, 3.63) is 72.3 Å². The lowest BCUT2D eigenvalue weighted by atomic mass is 10.1. The Morgan fingerprint density at radius 2 is 1.81 bits per heavy atom. The minimum absolute atomic E-state index is 0.424. The molecule has 0 saturated heterocycles. The van der Waals surface area contributed by atoms with Gasteiger partial charge in [-0.1, -0.05) is 53.6 Å². The second-order valence-electron chi connectivity index (χ2n) is 5.52. The van der Waals surface area contributed by atoms with Gasteiger partial charge in [0, 0.05) is 10.9 Å². The number of methoxy groups -OCH3 is 1. The van der Waals surface area contributed by atoms with Gasteiger partial charge in [0.1, 0.15) is 5.75 Å². The molecule has 0 unspecified atom stereocenters. The number of nitrogens with zero attached hydrogens (tertiary/aromatic N) is 5. The summed E-state index contributed by atoms with van der Waals surface area (Å²) in [7, 11) is 1.63. The van der Waals surface area contributed by atoms with Gasteiger partial charge in [-0.2, -0.15) is 9.78 Å². The normalized spacial score (nSPS) is 11.1. The molecule has 7 nitrogen and oxygen atoms in total. The van der Waals surface area contributed by atoms with E-state index in [0.717, 1.165) is 27.8 Å². The van der Waals surface area contributed by atoms with Crippen molar-refractivity contribution in [1.29, 1.82) is 0 Å². The van der Waals surface area contributed by atoms with Crippen molar-refractivity contribution in [2.24, 2.45) is 5.10 Å². The molecule has 0 aliphatic carbocycles. The zero-order chi connectivity index (χ0) is 17.8. The Morgan fingerprint density at radius 3 is 2.73 bits per heavy atom. The molecule has 1 N–H and O–H groups in total. The molecule has 0 aliphatic heterocycles. The summed E-state index contributed by atoms with van der Waals surface area (Å²) in [5.74, 6) is 1.17. The predicted octanol–water partition coefficient (Wildman–Crippen LogP) is 3.27. The van der Waals surface area contributed by atoms with E-state index in [9.17, 15) is 0 Å². The number of para-hydroxylation sites is 1. The quantitative estimate of drug-likeness (QED) is 0.444. The number of benzene rings is 3. The number of ether oxygens (including phenoxy) is 1. The molecule has 0 saturated carbocycles. The highest BCUT2D eigenvalue weighted by molar-refractivity contribution is 5.90. The zero-order valence-corrected chi connectivity index (χ0v) is 14.1. The minimum atomic E-state index is 0.424. The number of hydrogen-bond acceptors (Lipinski definition) is 6. The third kappa shape index (κ3) is 2.98. The minimum Gasteiger partial charge on any atom is -0.496 e. The average molecular weight is 344 g/mol. The number of nitrogens with one attached hydrogen (secondary N) is 1. The van der Waals surface area contributed by atoms with E-state index in [4.69, 9.17) is 4.74 Å². The lowest BCUT2D eigenvalue weighted by molar-refractivity contribution is 0.414.